The smallest absolute Gasteiger partial charge is 0.305 e. The van der Waals surface area contributed by atoms with Gasteiger partial charge >= 0.3 is 5.97 Å². The van der Waals surface area contributed by atoms with Crippen molar-refractivity contribution in [2.75, 3.05) is 13.8 Å². The number of fused-ring (bicyclic) bond motifs is 1. The van der Waals surface area contributed by atoms with Gasteiger partial charge in [-0.15, -0.1) is 0 Å². The summed E-state index contributed by atoms with van der Waals surface area (Å²) in [6, 6.07) is 2.78. The molecule has 8 nitrogen and oxygen atoms in total. The number of nitrogens with zero attached hydrogens (tertiary/aromatic N) is 1. The van der Waals surface area contributed by atoms with E-state index in [0.717, 1.165) is 4.90 Å². The second-order valence-electron chi connectivity index (χ2n) is 5.26. The lowest BCUT2D eigenvalue weighted by Crippen LogP contribution is -2.48. The molecule has 0 aliphatic carbocycles. The second kappa shape index (κ2) is 6.66. The first-order chi connectivity index (χ1) is 10.8. The number of carbonyl (C=O) groups excluding carboxylic acids is 2. The number of carboxylic acid groups (broad SMARTS) is 1. The molecule has 0 fully saturated rings. The molecule has 1 aromatic carbocycles. The molecule has 1 amide bonds. The van der Waals surface area contributed by atoms with Crippen molar-refractivity contribution in [1.29, 1.82) is 0 Å². The number of benzene rings is 1. The van der Waals surface area contributed by atoms with Crippen LogP contribution in [0.5, 0.6) is 11.5 Å². The summed E-state index contributed by atoms with van der Waals surface area (Å²) >= 11 is 0. The van der Waals surface area contributed by atoms with Crippen LogP contribution in [0.4, 0.5) is 0 Å². The number of nitrogens with two attached hydrogens (primary N) is 1. The Hall–Kier alpha value is -2.61. The molecular formula is C15H18N2O6. The van der Waals surface area contributed by atoms with Gasteiger partial charge in [-0.3, -0.25) is 14.4 Å². The van der Waals surface area contributed by atoms with Crippen LogP contribution in [0.15, 0.2) is 18.2 Å². The Labute approximate surface area is 132 Å². The first-order valence-corrected chi connectivity index (χ1v) is 6.99. The van der Waals surface area contributed by atoms with Crippen LogP contribution in [-0.2, 0) is 9.59 Å². The first-order valence-electron chi connectivity index (χ1n) is 6.99. The molecule has 0 unspecified atom stereocenters. The quantitative estimate of drug-likeness (QED) is 0.720. The molecule has 8 heteroatoms. The number of aliphatic carboxylic acids is 1. The molecule has 1 aliphatic rings. The summed E-state index contributed by atoms with van der Waals surface area (Å²) in [5.74, 6) is -1.05. The SMILES string of the molecule is C[C@H](C(=O)c1ccc2c(c1)OCO2)N(C)C(=O)[C@@H](N)CC(=O)O. The number of carbonyl (C=O) groups is 3. The third-order valence-electron chi connectivity index (χ3n) is 3.68. The van der Waals surface area contributed by atoms with Crippen molar-refractivity contribution in [2.45, 2.75) is 25.4 Å². The summed E-state index contributed by atoms with van der Waals surface area (Å²) in [5, 5.41) is 8.69. The van der Waals surface area contributed by atoms with Crippen molar-refractivity contribution in [3.63, 3.8) is 0 Å². The maximum absolute atomic E-state index is 12.5. The van der Waals surface area contributed by atoms with Crippen LogP contribution in [0, 0.1) is 0 Å². The number of hydrogen-bond donors (Lipinski definition) is 2. The van der Waals surface area contributed by atoms with E-state index in [0.29, 0.717) is 17.1 Å². The summed E-state index contributed by atoms with van der Waals surface area (Å²) in [7, 11) is 1.42. The number of ether oxygens (including phenoxy) is 2. The minimum absolute atomic E-state index is 0.102. The van der Waals surface area contributed by atoms with E-state index in [4.69, 9.17) is 20.3 Å². The van der Waals surface area contributed by atoms with Crippen molar-refractivity contribution in [1.82, 2.24) is 4.90 Å². The van der Waals surface area contributed by atoms with Gasteiger partial charge in [0.15, 0.2) is 17.3 Å². The molecule has 2 rings (SSSR count). The minimum Gasteiger partial charge on any atom is -0.481 e. The summed E-state index contributed by atoms with van der Waals surface area (Å²) in [6.07, 6.45) is -0.492. The van der Waals surface area contributed by atoms with Crippen LogP contribution >= 0.6 is 0 Å². The highest BCUT2D eigenvalue weighted by Gasteiger charge is 2.29. The average Bonchev–Trinajstić information content (AvgIpc) is 2.98. The van der Waals surface area contributed by atoms with Gasteiger partial charge in [-0.1, -0.05) is 0 Å². The van der Waals surface area contributed by atoms with E-state index < -0.39 is 30.4 Å². The van der Waals surface area contributed by atoms with Gasteiger partial charge in [-0.25, -0.2) is 0 Å². The number of likely N-dealkylation sites (N-methyl/N-ethyl adjacent to an activating group) is 1. The Morgan fingerprint density at radius 3 is 2.61 bits per heavy atom. The van der Waals surface area contributed by atoms with Crippen LogP contribution in [0.2, 0.25) is 0 Å². The van der Waals surface area contributed by atoms with Crippen molar-refractivity contribution >= 4 is 17.7 Å². The molecule has 1 aromatic rings. The largest absolute Gasteiger partial charge is 0.481 e. The summed E-state index contributed by atoms with van der Waals surface area (Å²) < 4.78 is 10.4. The molecule has 1 aliphatic heterocycles. The number of hydrogen-bond acceptors (Lipinski definition) is 6. The van der Waals surface area contributed by atoms with E-state index in [1.807, 2.05) is 0 Å². The summed E-state index contributed by atoms with van der Waals surface area (Å²) in [5.41, 5.74) is 5.92. The fourth-order valence-corrected chi connectivity index (χ4v) is 2.19. The monoisotopic (exact) mass is 322 g/mol. The number of carboxylic acids is 1. The zero-order valence-electron chi connectivity index (χ0n) is 12.8. The Morgan fingerprint density at radius 2 is 1.96 bits per heavy atom. The zero-order valence-corrected chi connectivity index (χ0v) is 12.8. The van der Waals surface area contributed by atoms with Gasteiger partial charge in [0, 0.05) is 12.6 Å². The Bertz CT molecular complexity index is 645. The summed E-state index contributed by atoms with van der Waals surface area (Å²) in [6.45, 7) is 1.66. The molecule has 124 valence electrons. The van der Waals surface area contributed by atoms with Gasteiger partial charge < -0.3 is 25.2 Å². The van der Waals surface area contributed by atoms with Crippen molar-refractivity contribution in [3.05, 3.63) is 23.8 Å². The average molecular weight is 322 g/mol. The Balaban J connectivity index is 2.09. The molecule has 2 atom stereocenters. The van der Waals surface area contributed by atoms with E-state index in [1.54, 1.807) is 25.1 Å². The number of amides is 1. The topological polar surface area (TPSA) is 119 Å². The predicted molar refractivity (Wildman–Crippen MR) is 79.4 cm³/mol. The lowest BCUT2D eigenvalue weighted by atomic mass is 10.0. The Morgan fingerprint density at radius 1 is 1.30 bits per heavy atom. The molecule has 0 saturated heterocycles. The normalized spacial score (nSPS) is 14.9. The molecule has 0 radical (unpaired) electrons. The molecular weight excluding hydrogens is 304 g/mol. The fraction of sp³-hybridized carbons (Fsp3) is 0.400. The molecule has 0 aromatic heterocycles. The first kappa shape index (κ1) is 16.8. The number of rotatable bonds is 6. The van der Waals surface area contributed by atoms with E-state index in [2.05, 4.69) is 0 Å². The van der Waals surface area contributed by atoms with Crippen LogP contribution in [0.25, 0.3) is 0 Å². The maximum atomic E-state index is 12.5. The maximum Gasteiger partial charge on any atom is 0.305 e. The van der Waals surface area contributed by atoms with Crippen molar-refractivity contribution in [2.24, 2.45) is 5.73 Å². The third kappa shape index (κ3) is 3.59. The highest BCUT2D eigenvalue weighted by atomic mass is 16.7. The van der Waals surface area contributed by atoms with Gasteiger partial charge in [-0.05, 0) is 25.1 Å². The third-order valence-corrected chi connectivity index (χ3v) is 3.68. The highest BCUT2D eigenvalue weighted by Crippen LogP contribution is 2.32. The number of Topliss-reactive ketones (excluding diaryl/α,β-unsaturated/α-hetero) is 1. The number of ketones is 1. The summed E-state index contributed by atoms with van der Waals surface area (Å²) in [4.78, 5) is 36.4. The van der Waals surface area contributed by atoms with E-state index in [-0.39, 0.29) is 12.6 Å². The fourth-order valence-electron chi connectivity index (χ4n) is 2.19. The van der Waals surface area contributed by atoms with Crippen LogP contribution in [0.1, 0.15) is 23.7 Å². The van der Waals surface area contributed by atoms with Crippen molar-refractivity contribution < 1.29 is 29.0 Å². The van der Waals surface area contributed by atoms with E-state index >= 15 is 0 Å². The van der Waals surface area contributed by atoms with Gasteiger partial charge in [0.05, 0.1) is 18.5 Å². The molecule has 23 heavy (non-hydrogen) atoms. The molecule has 0 spiro atoms. The second-order valence-corrected chi connectivity index (χ2v) is 5.26. The van der Waals surface area contributed by atoms with E-state index in [1.165, 1.54) is 7.05 Å². The lowest BCUT2D eigenvalue weighted by molar-refractivity contribution is -0.141. The Kier molecular flexibility index (Phi) is 4.85. The van der Waals surface area contributed by atoms with Crippen LogP contribution in [0.3, 0.4) is 0 Å². The standard InChI is InChI=1S/C15H18N2O6/c1-8(17(2)15(21)10(16)6-13(18)19)14(20)9-3-4-11-12(5-9)23-7-22-11/h3-5,8,10H,6-7,16H2,1-2H3,(H,18,19)/t8-,10+/m1/s1. The highest BCUT2D eigenvalue weighted by molar-refractivity contribution is 6.02. The molecule has 1 heterocycles. The van der Waals surface area contributed by atoms with Crippen LogP contribution in [-0.4, -0.2) is 53.6 Å². The lowest BCUT2D eigenvalue weighted by Gasteiger charge is -2.26. The minimum atomic E-state index is -1.19. The molecule has 0 bridgehead atoms. The van der Waals surface area contributed by atoms with E-state index in [9.17, 15) is 14.4 Å². The van der Waals surface area contributed by atoms with Gasteiger partial charge in [-0.2, -0.15) is 0 Å². The zero-order chi connectivity index (χ0) is 17.1. The van der Waals surface area contributed by atoms with Crippen molar-refractivity contribution in [3.8, 4) is 11.5 Å². The van der Waals surface area contributed by atoms with Gasteiger partial charge in [0.25, 0.3) is 0 Å². The van der Waals surface area contributed by atoms with Gasteiger partial charge in [0.2, 0.25) is 12.7 Å². The van der Waals surface area contributed by atoms with Gasteiger partial charge in [0.1, 0.15) is 0 Å². The van der Waals surface area contributed by atoms with Crippen LogP contribution < -0.4 is 15.2 Å². The predicted octanol–water partition coefficient (Wildman–Crippen LogP) is 0.247. The molecule has 3 N–H and O–H groups in total. The molecule has 0 saturated carbocycles.